The van der Waals surface area contributed by atoms with E-state index in [1.54, 1.807) is 0 Å². The lowest BCUT2D eigenvalue weighted by Crippen LogP contribution is -2.23. The monoisotopic (exact) mass is 249 g/mol. The van der Waals surface area contributed by atoms with Gasteiger partial charge in [-0.2, -0.15) is 5.10 Å². The van der Waals surface area contributed by atoms with Gasteiger partial charge in [-0.05, 0) is 31.7 Å². The summed E-state index contributed by atoms with van der Waals surface area (Å²) in [6.45, 7) is 5.74. The molecule has 1 aliphatic carbocycles. The Labute approximate surface area is 111 Å². The Kier molecular flexibility index (Phi) is 4.81. The van der Waals surface area contributed by atoms with E-state index in [-0.39, 0.29) is 0 Å². The minimum Gasteiger partial charge on any atom is -0.310 e. The van der Waals surface area contributed by atoms with E-state index in [1.165, 1.54) is 37.7 Å². The molecule has 1 heterocycles. The lowest BCUT2D eigenvalue weighted by Gasteiger charge is -2.26. The third kappa shape index (κ3) is 3.84. The number of nitrogens with one attached hydrogen (secondary N) is 1. The molecule has 1 N–H and O–H groups in total. The van der Waals surface area contributed by atoms with E-state index in [0.717, 1.165) is 18.4 Å². The zero-order chi connectivity index (χ0) is 13.0. The first-order valence-corrected chi connectivity index (χ1v) is 7.37. The van der Waals surface area contributed by atoms with Gasteiger partial charge in [0.1, 0.15) is 0 Å². The minimum atomic E-state index is 0.418. The Morgan fingerprint density at radius 1 is 1.39 bits per heavy atom. The van der Waals surface area contributed by atoms with Crippen molar-refractivity contribution >= 4 is 0 Å². The van der Waals surface area contributed by atoms with Gasteiger partial charge >= 0.3 is 0 Å². The molecule has 3 heteroatoms. The largest absolute Gasteiger partial charge is 0.310 e. The molecule has 1 unspecified atom stereocenters. The quantitative estimate of drug-likeness (QED) is 0.868. The number of nitrogens with zero attached hydrogens (tertiary/aromatic N) is 2. The summed E-state index contributed by atoms with van der Waals surface area (Å²) < 4.78 is 1.87. The molecule has 1 aromatic heterocycles. The highest BCUT2D eigenvalue weighted by Crippen LogP contribution is 2.30. The molecule has 3 nitrogen and oxygen atoms in total. The molecular formula is C15H27N3. The number of hydrogen-bond donors (Lipinski definition) is 1. The van der Waals surface area contributed by atoms with Gasteiger partial charge in [0.25, 0.3) is 0 Å². The molecule has 0 spiro atoms. The molecule has 18 heavy (non-hydrogen) atoms. The highest BCUT2D eigenvalue weighted by molar-refractivity contribution is 5.08. The minimum absolute atomic E-state index is 0.418. The summed E-state index contributed by atoms with van der Waals surface area (Å²) in [5.41, 5.74) is 1.29. The highest BCUT2D eigenvalue weighted by Gasteiger charge is 2.18. The Hall–Kier alpha value is -0.830. The van der Waals surface area contributed by atoms with Crippen molar-refractivity contribution in [2.75, 3.05) is 6.54 Å². The first-order chi connectivity index (χ1) is 8.65. The number of hydrogen-bond acceptors (Lipinski definition) is 2. The lowest BCUT2D eigenvalue weighted by molar-refractivity contribution is 0.273. The normalized spacial score (nSPS) is 26.2. The fourth-order valence-electron chi connectivity index (χ4n) is 2.90. The van der Waals surface area contributed by atoms with Gasteiger partial charge in [0, 0.05) is 24.8 Å². The second kappa shape index (κ2) is 6.37. The fourth-order valence-corrected chi connectivity index (χ4v) is 2.90. The third-order valence-electron chi connectivity index (χ3n) is 4.36. The van der Waals surface area contributed by atoms with Crippen LogP contribution in [0.4, 0.5) is 0 Å². The van der Waals surface area contributed by atoms with Crippen molar-refractivity contribution in [2.24, 2.45) is 18.9 Å². The zero-order valence-corrected chi connectivity index (χ0v) is 12.0. The maximum atomic E-state index is 4.22. The van der Waals surface area contributed by atoms with Crippen LogP contribution in [0.2, 0.25) is 0 Å². The predicted octanol–water partition coefficient (Wildman–Crippen LogP) is 3.29. The van der Waals surface area contributed by atoms with Crippen molar-refractivity contribution in [1.29, 1.82) is 0 Å². The van der Waals surface area contributed by atoms with E-state index in [0.29, 0.717) is 6.04 Å². The van der Waals surface area contributed by atoms with E-state index in [2.05, 4.69) is 30.5 Å². The standard InChI is InChI=1S/C15H27N3/c1-12-4-6-14(7-5-12)8-9-16-13(2)15-10-17-18(3)11-15/h10-14,16H,4-9H2,1-3H3. The average Bonchev–Trinajstić information content (AvgIpc) is 2.78. The van der Waals surface area contributed by atoms with Crippen LogP contribution in [0.15, 0.2) is 12.4 Å². The first-order valence-electron chi connectivity index (χ1n) is 7.37. The highest BCUT2D eigenvalue weighted by atomic mass is 15.2. The van der Waals surface area contributed by atoms with Crippen molar-refractivity contribution in [1.82, 2.24) is 15.1 Å². The molecule has 1 saturated carbocycles. The summed E-state index contributed by atoms with van der Waals surface area (Å²) in [6, 6.07) is 0.418. The molecule has 0 amide bonds. The Morgan fingerprint density at radius 3 is 2.72 bits per heavy atom. The predicted molar refractivity (Wildman–Crippen MR) is 75.4 cm³/mol. The molecule has 1 fully saturated rings. The van der Waals surface area contributed by atoms with Crippen molar-refractivity contribution in [3.05, 3.63) is 18.0 Å². The fraction of sp³-hybridized carbons (Fsp3) is 0.800. The SMILES string of the molecule is CC1CCC(CCNC(C)c2cnn(C)c2)CC1. The maximum Gasteiger partial charge on any atom is 0.0537 e. The zero-order valence-electron chi connectivity index (χ0n) is 12.0. The van der Waals surface area contributed by atoms with Crippen LogP contribution in [0.3, 0.4) is 0 Å². The van der Waals surface area contributed by atoms with E-state index < -0.39 is 0 Å². The van der Waals surface area contributed by atoms with Gasteiger partial charge < -0.3 is 5.32 Å². The van der Waals surface area contributed by atoms with Gasteiger partial charge in [-0.1, -0.05) is 32.6 Å². The van der Waals surface area contributed by atoms with Crippen LogP contribution in [0.25, 0.3) is 0 Å². The molecule has 102 valence electrons. The lowest BCUT2D eigenvalue weighted by atomic mass is 9.81. The van der Waals surface area contributed by atoms with Crippen LogP contribution in [-0.4, -0.2) is 16.3 Å². The number of aromatic nitrogens is 2. The smallest absolute Gasteiger partial charge is 0.0537 e. The molecule has 2 rings (SSSR count). The van der Waals surface area contributed by atoms with Gasteiger partial charge in [0.05, 0.1) is 6.20 Å². The van der Waals surface area contributed by atoms with Crippen molar-refractivity contribution in [3.63, 3.8) is 0 Å². The Balaban J connectivity index is 1.66. The molecule has 1 aromatic rings. The van der Waals surface area contributed by atoms with Crippen molar-refractivity contribution in [3.8, 4) is 0 Å². The molecule has 0 aromatic carbocycles. The van der Waals surface area contributed by atoms with Crippen LogP contribution < -0.4 is 5.32 Å². The first kappa shape index (κ1) is 13.6. The second-order valence-electron chi connectivity index (χ2n) is 6.04. The molecular weight excluding hydrogens is 222 g/mol. The van der Waals surface area contributed by atoms with E-state index >= 15 is 0 Å². The summed E-state index contributed by atoms with van der Waals surface area (Å²) in [5.74, 6) is 1.92. The molecule has 1 aliphatic rings. The van der Waals surface area contributed by atoms with E-state index in [9.17, 15) is 0 Å². The van der Waals surface area contributed by atoms with Gasteiger partial charge in [0.2, 0.25) is 0 Å². The van der Waals surface area contributed by atoms with Crippen molar-refractivity contribution < 1.29 is 0 Å². The van der Waals surface area contributed by atoms with Gasteiger partial charge in [-0.3, -0.25) is 4.68 Å². The summed E-state index contributed by atoms with van der Waals surface area (Å²) in [6.07, 6.45) is 11.1. The Bertz CT molecular complexity index is 350. The molecule has 1 atom stereocenters. The van der Waals surface area contributed by atoms with Crippen LogP contribution in [-0.2, 0) is 7.05 Å². The molecule has 0 radical (unpaired) electrons. The van der Waals surface area contributed by atoms with Crippen LogP contribution in [0.5, 0.6) is 0 Å². The van der Waals surface area contributed by atoms with E-state index in [1.807, 2.05) is 17.9 Å². The van der Waals surface area contributed by atoms with Crippen LogP contribution >= 0.6 is 0 Å². The summed E-state index contributed by atoms with van der Waals surface area (Å²) in [7, 11) is 1.97. The Morgan fingerprint density at radius 2 is 2.11 bits per heavy atom. The average molecular weight is 249 g/mol. The molecule has 0 saturated heterocycles. The van der Waals surface area contributed by atoms with E-state index in [4.69, 9.17) is 0 Å². The number of rotatable bonds is 5. The molecule has 0 aliphatic heterocycles. The molecule has 0 bridgehead atoms. The third-order valence-corrected chi connectivity index (χ3v) is 4.36. The maximum absolute atomic E-state index is 4.22. The van der Waals surface area contributed by atoms with Crippen LogP contribution in [0.1, 0.15) is 57.6 Å². The van der Waals surface area contributed by atoms with Gasteiger partial charge in [0.15, 0.2) is 0 Å². The van der Waals surface area contributed by atoms with Crippen LogP contribution in [0, 0.1) is 11.8 Å². The summed E-state index contributed by atoms with van der Waals surface area (Å²) in [4.78, 5) is 0. The van der Waals surface area contributed by atoms with Gasteiger partial charge in [-0.25, -0.2) is 0 Å². The van der Waals surface area contributed by atoms with Crippen molar-refractivity contribution in [2.45, 2.75) is 52.0 Å². The summed E-state index contributed by atoms with van der Waals surface area (Å²) >= 11 is 0. The topological polar surface area (TPSA) is 29.9 Å². The van der Waals surface area contributed by atoms with Gasteiger partial charge in [-0.15, -0.1) is 0 Å². The second-order valence-corrected chi connectivity index (χ2v) is 6.04. The number of aryl methyl sites for hydroxylation is 1. The summed E-state index contributed by atoms with van der Waals surface area (Å²) in [5, 5.41) is 7.84.